The second-order valence-electron chi connectivity index (χ2n) is 22.0. The Morgan fingerprint density at radius 3 is 2.44 bits per heavy atom. The number of aryl methyl sites for hydroxylation is 1. The number of carbonyl (C=O) groups is 4. The molecule has 4 heterocycles. The van der Waals surface area contributed by atoms with Gasteiger partial charge in [-0.25, -0.2) is 5.43 Å². The third-order valence-electron chi connectivity index (χ3n) is 14.9. The number of carbonyl (C=O) groups excluding carboxylic acids is 4. The summed E-state index contributed by atoms with van der Waals surface area (Å²) in [5.74, 6) is -2.74. The summed E-state index contributed by atoms with van der Waals surface area (Å²) < 4.78 is 26.0. The van der Waals surface area contributed by atoms with Crippen molar-refractivity contribution in [1.29, 1.82) is 0 Å². The Morgan fingerprint density at radius 1 is 0.943 bits per heavy atom. The highest BCUT2D eigenvalue weighted by molar-refractivity contribution is 6.74. The standard InChI is InChI=1S/C57H82N4O8Si/c1-39(2)50-53(63)58-47(38-43-29-23-30-44(37-43)69-70(9,10)56(5,6)7)54(64)61-36-24-31-46(60-61)55(65)66-48(40(3)25-17-13-11-12-14-18-26-42-27-19-15-20-28-42)32-21-16-22-33-49-41(4)51-45(52(62)59-50)34-35-57(8,67-49)68-51/h13,15-17,19-23,25,27-30,33,37,39,41,45-51,60H,11-12,14,18,24,26,31-32,34-36,38H2,1-10H3,(H,58,63)(H,59,62)/b17-13+,21-16+,33-22+,40-25+/t41-,45+,46-,47-,48-,49-,50-,51+,57+/m0/s1. The zero-order chi connectivity index (χ0) is 50.6. The fraction of sp³-hybridized carbons (Fsp3) is 0.579. The molecule has 3 amide bonds. The molecule has 6 rings (SSSR count). The minimum absolute atomic E-state index is 0.0323. The molecule has 9 atom stereocenters. The van der Waals surface area contributed by atoms with Crippen molar-refractivity contribution in [2.75, 3.05) is 6.54 Å². The number of fused-ring (bicyclic) bond motifs is 4. The van der Waals surface area contributed by atoms with Crippen molar-refractivity contribution < 1.29 is 37.8 Å². The van der Waals surface area contributed by atoms with E-state index in [1.54, 1.807) is 0 Å². The van der Waals surface area contributed by atoms with Crippen LogP contribution in [-0.2, 0) is 46.2 Å². The van der Waals surface area contributed by atoms with Crippen molar-refractivity contribution in [1.82, 2.24) is 21.1 Å². The molecule has 4 aliphatic heterocycles. The molecular formula is C57H82N4O8Si. The van der Waals surface area contributed by atoms with Crippen molar-refractivity contribution in [3.05, 3.63) is 114 Å². The lowest BCUT2D eigenvalue weighted by Gasteiger charge is -2.51. The van der Waals surface area contributed by atoms with Crippen molar-refractivity contribution >= 4 is 32.0 Å². The molecule has 3 saturated heterocycles. The quantitative estimate of drug-likeness (QED) is 0.0773. The summed E-state index contributed by atoms with van der Waals surface area (Å²) in [5.41, 5.74) is 6.26. The summed E-state index contributed by atoms with van der Waals surface area (Å²) >= 11 is 0. The lowest BCUT2D eigenvalue weighted by Crippen LogP contribution is -2.63. The third kappa shape index (κ3) is 14.9. The zero-order valence-corrected chi connectivity index (χ0v) is 44.6. The molecule has 4 aliphatic rings. The van der Waals surface area contributed by atoms with Gasteiger partial charge in [0.15, 0.2) is 5.79 Å². The highest BCUT2D eigenvalue weighted by Gasteiger charge is 2.52. The van der Waals surface area contributed by atoms with Crippen LogP contribution in [0.5, 0.6) is 5.75 Å². The first-order valence-corrected chi connectivity index (χ1v) is 28.9. The van der Waals surface area contributed by atoms with Gasteiger partial charge in [-0.05, 0) is 112 Å². The number of amides is 3. The summed E-state index contributed by atoms with van der Waals surface area (Å²) in [7, 11) is -2.20. The highest BCUT2D eigenvalue weighted by atomic mass is 28.4. The fourth-order valence-electron chi connectivity index (χ4n) is 9.47. The molecule has 70 heavy (non-hydrogen) atoms. The van der Waals surface area contributed by atoms with Gasteiger partial charge in [0.2, 0.25) is 20.1 Å². The average Bonchev–Trinajstić information content (AvgIpc) is 3.31. The number of benzene rings is 2. The molecule has 382 valence electrons. The van der Waals surface area contributed by atoms with E-state index in [1.165, 1.54) is 10.6 Å². The molecule has 0 aliphatic carbocycles. The van der Waals surface area contributed by atoms with Gasteiger partial charge in [0.25, 0.3) is 5.91 Å². The number of nitrogens with zero attached hydrogens (tertiary/aromatic N) is 1. The number of cyclic esters (lactones) is 1. The van der Waals surface area contributed by atoms with E-state index in [0.717, 1.165) is 43.2 Å². The number of unbranched alkanes of at least 4 members (excludes halogenated alkanes) is 3. The van der Waals surface area contributed by atoms with Crippen LogP contribution in [0.2, 0.25) is 18.1 Å². The normalized spacial score (nSPS) is 29.7. The van der Waals surface area contributed by atoms with Gasteiger partial charge in [-0.15, -0.1) is 0 Å². The van der Waals surface area contributed by atoms with Gasteiger partial charge in [0.05, 0.1) is 18.1 Å². The molecule has 0 aromatic heterocycles. The Labute approximate surface area is 419 Å². The third-order valence-corrected chi connectivity index (χ3v) is 19.3. The Kier molecular flexibility index (Phi) is 19.1. The van der Waals surface area contributed by atoms with Gasteiger partial charge >= 0.3 is 5.97 Å². The maximum absolute atomic E-state index is 14.8. The molecule has 12 nitrogen and oxygen atoms in total. The molecule has 0 spiro atoms. The molecule has 2 aromatic rings. The topological polar surface area (TPSA) is 145 Å². The number of hydrogen-bond donors (Lipinski definition) is 3. The van der Waals surface area contributed by atoms with Crippen LogP contribution >= 0.6 is 0 Å². The maximum atomic E-state index is 14.8. The van der Waals surface area contributed by atoms with E-state index in [-0.39, 0.29) is 35.3 Å². The van der Waals surface area contributed by atoms with Gasteiger partial charge in [-0.3, -0.25) is 24.2 Å². The second kappa shape index (κ2) is 24.5. The number of allylic oxidation sites excluding steroid dienone is 5. The first-order valence-electron chi connectivity index (χ1n) is 26.0. The van der Waals surface area contributed by atoms with E-state index in [1.807, 2.05) is 95.3 Å². The monoisotopic (exact) mass is 979 g/mol. The van der Waals surface area contributed by atoms with E-state index in [9.17, 15) is 19.2 Å². The van der Waals surface area contributed by atoms with Gasteiger partial charge in [0, 0.05) is 31.7 Å². The lowest BCUT2D eigenvalue weighted by atomic mass is 9.79. The van der Waals surface area contributed by atoms with Crippen molar-refractivity contribution in [2.24, 2.45) is 17.8 Å². The highest BCUT2D eigenvalue weighted by Crippen LogP contribution is 2.44. The van der Waals surface area contributed by atoms with Gasteiger partial charge in [0.1, 0.15) is 30.0 Å². The van der Waals surface area contributed by atoms with Crippen LogP contribution in [0, 0.1) is 17.8 Å². The molecule has 13 heteroatoms. The van der Waals surface area contributed by atoms with Crippen LogP contribution < -0.4 is 20.5 Å². The van der Waals surface area contributed by atoms with Crippen LogP contribution in [0.15, 0.2) is 103 Å². The summed E-state index contributed by atoms with van der Waals surface area (Å²) in [5, 5.41) is 7.57. The minimum atomic E-state index is -2.20. The average molecular weight is 979 g/mol. The van der Waals surface area contributed by atoms with E-state index in [4.69, 9.17) is 18.6 Å². The molecular weight excluding hydrogens is 897 g/mol. The molecule has 5 bridgehead atoms. The fourth-order valence-corrected chi connectivity index (χ4v) is 10.5. The predicted molar refractivity (Wildman–Crippen MR) is 279 cm³/mol. The molecule has 3 N–H and O–H groups in total. The predicted octanol–water partition coefficient (Wildman–Crippen LogP) is 10.0. The van der Waals surface area contributed by atoms with Gasteiger partial charge < -0.3 is 29.3 Å². The second-order valence-corrected chi connectivity index (χ2v) is 26.7. The number of nitrogens with one attached hydrogen (secondary N) is 3. The Bertz CT molecular complexity index is 2220. The van der Waals surface area contributed by atoms with Crippen LogP contribution in [0.25, 0.3) is 0 Å². The van der Waals surface area contributed by atoms with Gasteiger partial charge in [-0.2, -0.15) is 0 Å². The van der Waals surface area contributed by atoms with E-state index in [2.05, 4.69) is 86.3 Å². The molecule has 0 saturated carbocycles. The first kappa shape index (κ1) is 54.5. The Morgan fingerprint density at radius 2 is 1.70 bits per heavy atom. The van der Waals surface area contributed by atoms with Crippen LogP contribution in [0.1, 0.15) is 124 Å². The summed E-state index contributed by atoms with van der Waals surface area (Å²) in [6.07, 6.45) is 20.8. The molecule has 0 radical (unpaired) electrons. The van der Waals surface area contributed by atoms with Crippen LogP contribution in [0.4, 0.5) is 0 Å². The summed E-state index contributed by atoms with van der Waals surface area (Å²) in [6.45, 7) is 20.9. The molecule has 3 fully saturated rings. The number of hydrogen-bond acceptors (Lipinski definition) is 9. The minimum Gasteiger partial charge on any atom is -0.543 e. The lowest BCUT2D eigenvalue weighted by molar-refractivity contribution is -0.344. The first-order chi connectivity index (χ1) is 33.2. The van der Waals surface area contributed by atoms with Crippen molar-refractivity contribution in [2.45, 2.75) is 186 Å². The van der Waals surface area contributed by atoms with E-state index in [0.29, 0.717) is 44.4 Å². The van der Waals surface area contributed by atoms with Crippen LogP contribution in [-0.4, -0.2) is 85.8 Å². The van der Waals surface area contributed by atoms with Gasteiger partial charge in [-0.1, -0.05) is 133 Å². The SMILES string of the molecule is C/C(=C\C=C\CCCCCc1ccccc1)[C@@H]1C/C=C/C=C/[C@@H]2O[C@@]3(C)CC[C@@H](C(=O)N[C@@H](C(C)C)C(=O)N[C@@H](Cc4cccc(O[Si](C)(C)C(C)(C)C)c4)C(=O)N4CCC[C@H](N4)C(=O)O1)[C@H](O3)[C@H]2C. The van der Waals surface area contributed by atoms with E-state index >= 15 is 0 Å². The zero-order valence-electron chi connectivity index (χ0n) is 43.6. The number of hydrazine groups is 1. The summed E-state index contributed by atoms with van der Waals surface area (Å²) in [6, 6.07) is 15.5. The Balaban J connectivity index is 1.26. The number of esters is 1. The Hall–Kier alpha value is -4.82. The molecule has 0 unspecified atom stereocenters. The summed E-state index contributed by atoms with van der Waals surface area (Å²) in [4.78, 5) is 57.9. The largest absolute Gasteiger partial charge is 0.543 e. The smallest absolute Gasteiger partial charge is 0.325 e. The number of rotatable bonds is 13. The molecule has 2 aromatic carbocycles. The maximum Gasteiger partial charge on any atom is 0.325 e. The van der Waals surface area contributed by atoms with Crippen LogP contribution in [0.3, 0.4) is 0 Å². The van der Waals surface area contributed by atoms with E-state index < -0.39 is 68.1 Å². The van der Waals surface area contributed by atoms with Crippen molar-refractivity contribution in [3.63, 3.8) is 0 Å². The van der Waals surface area contributed by atoms with Crippen molar-refractivity contribution in [3.8, 4) is 5.75 Å². The number of ether oxygens (including phenoxy) is 3.